The van der Waals surface area contributed by atoms with Crippen LogP contribution in [0.15, 0.2) is 35.5 Å². The summed E-state index contributed by atoms with van der Waals surface area (Å²) < 4.78 is 26.8. The highest BCUT2D eigenvalue weighted by atomic mass is 35.5. The summed E-state index contributed by atoms with van der Waals surface area (Å²) in [6.07, 6.45) is 2.87. The molecule has 0 amide bonds. The zero-order valence-electron chi connectivity index (χ0n) is 11.1. The average molecular weight is 312 g/mol. The van der Waals surface area contributed by atoms with Gasteiger partial charge in [0, 0.05) is 12.4 Å². The maximum Gasteiger partial charge on any atom is 0.242 e. The number of rotatable bonds is 4. The van der Waals surface area contributed by atoms with Crippen LogP contribution in [0.2, 0.25) is 5.15 Å². The maximum absolute atomic E-state index is 12.2. The number of nitrogens with one attached hydrogen (secondary N) is 1. The first-order valence-electron chi connectivity index (χ1n) is 5.92. The molecule has 20 heavy (non-hydrogen) atoms. The summed E-state index contributed by atoms with van der Waals surface area (Å²) in [5.74, 6) is 0. The largest absolute Gasteiger partial charge is 0.260 e. The second-order valence-corrected chi connectivity index (χ2v) is 6.50. The Morgan fingerprint density at radius 1 is 1.25 bits per heavy atom. The van der Waals surface area contributed by atoms with Crippen molar-refractivity contribution in [1.29, 1.82) is 0 Å². The molecule has 0 aliphatic heterocycles. The van der Waals surface area contributed by atoms with Crippen molar-refractivity contribution in [2.45, 2.75) is 25.3 Å². The van der Waals surface area contributed by atoms with Gasteiger partial charge in [-0.2, -0.15) is 0 Å². The second kappa shape index (κ2) is 5.87. The number of pyridine rings is 2. The summed E-state index contributed by atoms with van der Waals surface area (Å²) >= 11 is 5.79. The molecule has 2 aromatic rings. The topological polar surface area (TPSA) is 72.0 Å². The predicted octanol–water partition coefficient (Wildman–Crippen LogP) is 2.23. The minimum atomic E-state index is -3.63. The van der Waals surface area contributed by atoms with E-state index in [2.05, 4.69) is 14.7 Å². The van der Waals surface area contributed by atoms with E-state index in [4.69, 9.17) is 11.6 Å². The molecule has 7 heteroatoms. The number of aryl methyl sites for hydroxylation is 2. The van der Waals surface area contributed by atoms with Gasteiger partial charge in [0.2, 0.25) is 10.0 Å². The first-order valence-corrected chi connectivity index (χ1v) is 7.78. The SMILES string of the molecule is Cc1cc(S(=O)(=O)NCc2ncccc2C)cnc1Cl. The third-order valence-electron chi connectivity index (χ3n) is 2.85. The molecule has 0 unspecified atom stereocenters. The number of halogens is 1. The molecule has 0 bridgehead atoms. The van der Waals surface area contributed by atoms with Crippen molar-refractivity contribution >= 4 is 21.6 Å². The lowest BCUT2D eigenvalue weighted by molar-refractivity contribution is 0.579. The summed E-state index contributed by atoms with van der Waals surface area (Å²) in [4.78, 5) is 8.08. The smallest absolute Gasteiger partial charge is 0.242 e. The molecule has 0 saturated heterocycles. The molecule has 5 nitrogen and oxygen atoms in total. The second-order valence-electron chi connectivity index (χ2n) is 4.37. The van der Waals surface area contributed by atoms with Crippen molar-refractivity contribution in [3.8, 4) is 0 Å². The number of sulfonamides is 1. The Morgan fingerprint density at radius 3 is 2.65 bits per heavy atom. The van der Waals surface area contributed by atoms with Gasteiger partial charge in [-0.05, 0) is 37.1 Å². The minimum Gasteiger partial charge on any atom is -0.260 e. The van der Waals surface area contributed by atoms with Gasteiger partial charge in [-0.3, -0.25) is 4.98 Å². The molecule has 106 valence electrons. The molecule has 0 atom stereocenters. The van der Waals surface area contributed by atoms with Crippen LogP contribution >= 0.6 is 11.6 Å². The van der Waals surface area contributed by atoms with Crippen molar-refractivity contribution < 1.29 is 8.42 Å². The third-order valence-corrected chi connectivity index (χ3v) is 4.61. The molecule has 2 rings (SSSR count). The van der Waals surface area contributed by atoms with E-state index < -0.39 is 10.0 Å². The van der Waals surface area contributed by atoms with Gasteiger partial charge in [-0.25, -0.2) is 18.1 Å². The van der Waals surface area contributed by atoms with Crippen LogP contribution in [0.3, 0.4) is 0 Å². The summed E-state index contributed by atoms with van der Waals surface area (Å²) in [7, 11) is -3.63. The molecule has 0 radical (unpaired) electrons. The van der Waals surface area contributed by atoms with Crippen LogP contribution in [0, 0.1) is 13.8 Å². The molecule has 1 N–H and O–H groups in total. The zero-order valence-corrected chi connectivity index (χ0v) is 12.7. The van der Waals surface area contributed by atoms with Crippen LogP contribution in [0.25, 0.3) is 0 Å². The number of hydrogen-bond acceptors (Lipinski definition) is 4. The van der Waals surface area contributed by atoms with Crippen LogP contribution in [0.4, 0.5) is 0 Å². The summed E-state index contributed by atoms with van der Waals surface area (Å²) in [6.45, 7) is 3.72. The van der Waals surface area contributed by atoms with E-state index in [-0.39, 0.29) is 11.4 Å². The van der Waals surface area contributed by atoms with E-state index in [0.717, 1.165) is 5.56 Å². The maximum atomic E-state index is 12.2. The zero-order chi connectivity index (χ0) is 14.8. The summed E-state index contributed by atoms with van der Waals surface area (Å²) in [5.41, 5.74) is 2.24. The standard InChI is InChI=1S/C13H14ClN3O2S/c1-9-4-3-5-15-12(9)8-17-20(18,19)11-6-10(2)13(14)16-7-11/h3-7,17H,8H2,1-2H3. The van der Waals surface area contributed by atoms with Crippen molar-refractivity contribution in [2.24, 2.45) is 0 Å². The van der Waals surface area contributed by atoms with Crippen LogP contribution in [-0.2, 0) is 16.6 Å². The van der Waals surface area contributed by atoms with Gasteiger partial charge in [0.05, 0.1) is 12.2 Å². The van der Waals surface area contributed by atoms with Gasteiger partial charge in [-0.15, -0.1) is 0 Å². The monoisotopic (exact) mass is 311 g/mol. The molecule has 0 aliphatic rings. The highest BCUT2D eigenvalue weighted by Crippen LogP contribution is 2.16. The first kappa shape index (κ1) is 14.9. The Labute approximate surface area is 123 Å². The molecule has 0 spiro atoms. The van der Waals surface area contributed by atoms with Gasteiger partial charge in [0.15, 0.2) is 0 Å². The molecule has 0 saturated carbocycles. The van der Waals surface area contributed by atoms with Gasteiger partial charge in [0.25, 0.3) is 0 Å². The van der Waals surface area contributed by atoms with Gasteiger partial charge in [0.1, 0.15) is 10.0 Å². The highest BCUT2D eigenvalue weighted by Gasteiger charge is 2.16. The van der Waals surface area contributed by atoms with E-state index in [1.807, 2.05) is 13.0 Å². The van der Waals surface area contributed by atoms with Crippen molar-refractivity contribution in [2.75, 3.05) is 0 Å². The van der Waals surface area contributed by atoms with Gasteiger partial charge < -0.3 is 0 Å². The van der Waals surface area contributed by atoms with Gasteiger partial charge in [-0.1, -0.05) is 17.7 Å². The number of hydrogen-bond donors (Lipinski definition) is 1. The summed E-state index contributed by atoms with van der Waals surface area (Å²) in [5, 5.41) is 0.296. The molecular weight excluding hydrogens is 298 g/mol. The Bertz CT molecular complexity index is 732. The Kier molecular flexibility index (Phi) is 4.37. The van der Waals surface area contributed by atoms with Crippen molar-refractivity contribution in [3.05, 3.63) is 52.6 Å². The van der Waals surface area contributed by atoms with Crippen LogP contribution < -0.4 is 4.72 Å². The highest BCUT2D eigenvalue weighted by molar-refractivity contribution is 7.89. The normalized spacial score (nSPS) is 11.6. The number of aromatic nitrogens is 2. The lowest BCUT2D eigenvalue weighted by atomic mass is 10.2. The van der Waals surface area contributed by atoms with E-state index in [1.165, 1.54) is 12.3 Å². The van der Waals surface area contributed by atoms with Gasteiger partial charge >= 0.3 is 0 Å². The molecule has 0 aliphatic carbocycles. The molecule has 2 heterocycles. The van der Waals surface area contributed by atoms with Crippen LogP contribution in [0.1, 0.15) is 16.8 Å². The fourth-order valence-electron chi connectivity index (χ4n) is 1.63. The Hall–Kier alpha value is -1.50. The van der Waals surface area contributed by atoms with E-state index in [0.29, 0.717) is 16.4 Å². The molecule has 0 fully saturated rings. The van der Waals surface area contributed by atoms with Crippen molar-refractivity contribution in [3.63, 3.8) is 0 Å². The predicted molar refractivity (Wildman–Crippen MR) is 77.0 cm³/mol. The molecule has 2 aromatic heterocycles. The first-order chi connectivity index (χ1) is 9.40. The fraction of sp³-hybridized carbons (Fsp3) is 0.231. The van der Waals surface area contributed by atoms with Crippen LogP contribution in [-0.4, -0.2) is 18.4 Å². The van der Waals surface area contributed by atoms with E-state index in [9.17, 15) is 8.42 Å². The quantitative estimate of drug-likeness (QED) is 0.879. The molecular formula is C13H14ClN3O2S. The Morgan fingerprint density at radius 2 is 2.00 bits per heavy atom. The summed E-state index contributed by atoms with van der Waals surface area (Å²) in [6, 6.07) is 5.17. The molecule has 0 aromatic carbocycles. The average Bonchev–Trinajstić information content (AvgIpc) is 2.41. The van der Waals surface area contributed by atoms with Crippen molar-refractivity contribution in [1.82, 2.24) is 14.7 Å². The number of nitrogens with zero attached hydrogens (tertiary/aromatic N) is 2. The van der Waals surface area contributed by atoms with E-state index in [1.54, 1.807) is 19.2 Å². The van der Waals surface area contributed by atoms with Crippen LogP contribution in [0.5, 0.6) is 0 Å². The lowest BCUT2D eigenvalue weighted by Crippen LogP contribution is -2.24. The fourth-order valence-corrected chi connectivity index (χ4v) is 2.75. The minimum absolute atomic E-state index is 0.0907. The Balaban J connectivity index is 2.19. The third kappa shape index (κ3) is 3.33. The lowest BCUT2D eigenvalue weighted by Gasteiger charge is -2.08. The van der Waals surface area contributed by atoms with E-state index >= 15 is 0 Å².